The van der Waals surface area contributed by atoms with Crippen molar-refractivity contribution in [1.29, 1.82) is 0 Å². The van der Waals surface area contributed by atoms with Crippen LogP contribution in [0, 0.1) is 11.6 Å². The number of hydrogen-bond donors (Lipinski definition) is 3. The predicted octanol–water partition coefficient (Wildman–Crippen LogP) is 3.88. The summed E-state index contributed by atoms with van der Waals surface area (Å²) in [7, 11) is 1.76. The number of aryl methyl sites for hydroxylation is 1. The van der Waals surface area contributed by atoms with E-state index in [9.17, 15) is 13.9 Å². The van der Waals surface area contributed by atoms with E-state index in [0.29, 0.717) is 24.9 Å². The lowest BCUT2D eigenvalue weighted by molar-refractivity contribution is 0.198. The second kappa shape index (κ2) is 10.3. The summed E-state index contributed by atoms with van der Waals surface area (Å²) in [5.74, 6) is -0.518. The van der Waals surface area contributed by atoms with Gasteiger partial charge in [-0.2, -0.15) is 0 Å². The van der Waals surface area contributed by atoms with Gasteiger partial charge in [0.1, 0.15) is 5.75 Å². The molecule has 5 nitrogen and oxygen atoms in total. The average Bonchev–Trinajstić information content (AvgIpc) is 2.81. The summed E-state index contributed by atoms with van der Waals surface area (Å²) in [4.78, 5) is 6.62. The van der Waals surface area contributed by atoms with Gasteiger partial charge in [0.2, 0.25) is 0 Å². The molecule has 32 heavy (non-hydrogen) atoms. The van der Waals surface area contributed by atoms with Gasteiger partial charge in [-0.1, -0.05) is 12.1 Å². The zero-order valence-corrected chi connectivity index (χ0v) is 18.6. The van der Waals surface area contributed by atoms with E-state index in [1.165, 1.54) is 36.1 Å². The zero-order valence-electron chi connectivity index (χ0n) is 18.6. The Hall–Kier alpha value is -2.67. The molecule has 0 spiro atoms. The molecule has 2 aromatic carbocycles. The van der Waals surface area contributed by atoms with Gasteiger partial charge in [0.25, 0.3) is 0 Å². The van der Waals surface area contributed by atoms with Crippen molar-refractivity contribution < 1.29 is 13.9 Å². The summed E-state index contributed by atoms with van der Waals surface area (Å²) in [5.41, 5.74) is 4.40. The van der Waals surface area contributed by atoms with Crippen LogP contribution in [0.15, 0.2) is 35.3 Å². The van der Waals surface area contributed by atoms with E-state index in [2.05, 4.69) is 26.6 Å². The highest BCUT2D eigenvalue weighted by Gasteiger charge is 2.21. The van der Waals surface area contributed by atoms with Crippen molar-refractivity contribution in [2.24, 2.45) is 4.99 Å². The summed E-state index contributed by atoms with van der Waals surface area (Å²) in [6.45, 7) is 2.92. The predicted molar refractivity (Wildman–Crippen MR) is 123 cm³/mol. The Morgan fingerprint density at radius 1 is 1.09 bits per heavy atom. The number of aliphatic imine (C=N–C) groups is 1. The number of likely N-dealkylation sites (tertiary alicyclic amines) is 1. The lowest BCUT2D eigenvalue weighted by atomic mass is 9.88. The fourth-order valence-corrected chi connectivity index (χ4v) is 4.78. The Morgan fingerprint density at radius 2 is 1.88 bits per heavy atom. The van der Waals surface area contributed by atoms with Crippen molar-refractivity contribution in [2.75, 3.05) is 20.1 Å². The number of hydrogen-bond acceptors (Lipinski definition) is 3. The topological polar surface area (TPSA) is 59.9 Å². The molecule has 2 aliphatic rings. The molecule has 1 saturated heterocycles. The Labute approximate surface area is 188 Å². The summed E-state index contributed by atoms with van der Waals surface area (Å²) in [6, 6.07) is 8.26. The molecule has 2 aromatic rings. The highest BCUT2D eigenvalue weighted by molar-refractivity contribution is 5.80. The van der Waals surface area contributed by atoms with Crippen molar-refractivity contribution in [3.63, 3.8) is 0 Å². The number of aromatic hydroxyl groups is 1. The van der Waals surface area contributed by atoms with E-state index in [1.807, 2.05) is 0 Å². The van der Waals surface area contributed by atoms with Crippen LogP contribution in [0.2, 0.25) is 0 Å². The van der Waals surface area contributed by atoms with E-state index in [0.717, 1.165) is 55.9 Å². The fourth-order valence-electron chi connectivity index (χ4n) is 4.78. The molecule has 1 fully saturated rings. The van der Waals surface area contributed by atoms with Gasteiger partial charge in [-0.25, -0.2) is 8.78 Å². The summed E-state index contributed by atoms with van der Waals surface area (Å²) in [6.07, 6.45) is 6.36. The fraction of sp³-hybridized carbons (Fsp3) is 0.480. The van der Waals surface area contributed by atoms with E-state index >= 15 is 0 Å². The van der Waals surface area contributed by atoms with Crippen LogP contribution in [0.3, 0.4) is 0 Å². The standard InChI is InChI=1S/C25H32F2N4O/c1-28-25(29-15-21-20-5-3-2-4-18(20)7-9-24(21)32)30-19-10-12-31(13-11-19)16-17-6-8-22(26)23(27)14-17/h6-9,14,19,32H,2-5,10-13,15-16H2,1H3,(H2,28,29,30). The molecular weight excluding hydrogens is 410 g/mol. The smallest absolute Gasteiger partial charge is 0.191 e. The molecule has 0 amide bonds. The number of fused-ring (bicyclic) bond motifs is 1. The molecule has 0 aromatic heterocycles. The molecular formula is C25H32F2N4O. The molecule has 0 unspecified atom stereocenters. The zero-order chi connectivity index (χ0) is 22.5. The maximum atomic E-state index is 13.5. The minimum Gasteiger partial charge on any atom is -0.508 e. The third-order valence-corrected chi connectivity index (χ3v) is 6.60. The van der Waals surface area contributed by atoms with E-state index in [-0.39, 0.29) is 0 Å². The summed E-state index contributed by atoms with van der Waals surface area (Å²) >= 11 is 0. The van der Waals surface area contributed by atoms with Crippen molar-refractivity contribution in [3.8, 4) is 5.75 Å². The van der Waals surface area contributed by atoms with Gasteiger partial charge in [0, 0.05) is 44.8 Å². The molecule has 1 aliphatic carbocycles. The number of guanidine groups is 1. The van der Waals surface area contributed by atoms with Gasteiger partial charge < -0.3 is 15.7 Å². The molecule has 4 rings (SSSR count). The highest BCUT2D eigenvalue weighted by atomic mass is 19.2. The van der Waals surface area contributed by atoms with Crippen LogP contribution in [0.1, 0.15) is 47.9 Å². The molecule has 172 valence electrons. The number of nitrogens with one attached hydrogen (secondary N) is 2. The first-order valence-corrected chi connectivity index (χ1v) is 11.5. The van der Waals surface area contributed by atoms with E-state index < -0.39 is 11.6 Å². The molecule has 0 radical (unpaired) electrons. The second-order valence-corrected chi connectivity index (χ2v) is 8.78. The minimum atomic E-state index is -0.806. The van der Waals surface area contributed by atoms with Gasteiger partial charge in [-0.05, 0) is 73.4 Å². The first kappa shape index (κ1) is 22.5. The van der Waals surface area contributed by atoms with E-state index in [4.69, 9.17) is 0 Å². The van der Waals surface area contributed by atoms with Crippen LogP contribution in [0.5, 0.6) is 5.75 Å². The maximum absolute atomic E-state index is 13.5. The Morgan fingerprint density at radius 3 is 2.62 bits per heavy atom. The maximum Gasteiger partial charge on any atom is 0.191 e. The van der Waals surface area contributed by atoms with Crippen LogP contribution < -0.4 is 10.6 Å². The summed E-state index contributed by atoms with van der Waals surface area (Å²) in [5, 5.41) is 17.3. The number of phenolic OH excluding ortho intramolecular Hbond substituents is 1. The number of halogens is 2. The van der Waals surface area contributed by atoms with Crippen molar-refractivity contribution >= 4 is 5.96 Å². The lowest BCUT2D eigenvalue weighted by Gasteiger charge is -2.33. The largest absolute Gasteiger partial charge is 0.508 e. The molecule has 1 heterocycles. The first-order chi connectivity index (χ1) is 15.5. The molecule has 3 N–H and O–H groups in total. The van der Waals surface area contributed by atoms with Crippen LogP contribution in [-0.2, 0) is 25.9 Å². The van der Waals surface area contributed by atoms with Crippen LogP contribution >= 0.6 is 0 Å². The Balaban J connectivity index is 1.28. The molecule has 0 bridgehead atoms. The average molecular weight is 443 g/mol. The number of phenols is 1. The third-order valence-electron chi connectivity index (χ3n) is 6.60. The summed E-state index contributed by atoms with van der Waals surface area (Å²) < 4.78 is 26.6. The monoisotopic (exact) mass is 442 g/mol. The molecule has 7 heteroatoms. The third kappa shape index (κ3) is 5.38. The number of rotatable bonds is 5. The Kier molecular flexibility index (Phi) is 7.25. The quantitative estimate of drug-likeness (QED) is 0.486. The highest BCUT2D eigenvalue weighted by Crippen LogP contribution is 2.30. The first-order valence-electron chi connectivity index (χ1n) is 11.5. The van der Waals surface area contributed by atoms with Crippen LogP contribution in [0.25, 0.3) is 0 Å². The van der Waals surface area contributed by atoms with Gasteiger partial charge in [0.15, 0.2) is 17.6 Å². The van der Waals surface area contributed by atoms with Crippen molar-refractivity contribution in [1.82, 2.24) is 15.5 Å². The minimum absolute atomic E-state index is 0.292. The lowest BCUT2D eigenvalue weighted by Crippen LogP contribution is -2.48. The number of nitrogens with zero attached hydrogens (tertiary/aromatic N) is 2. The second-order valence-electron chi connectivity index (χ2n) is 8.78. The van der Waals surface area contributed by atoms with Gasteiger partial charge >= 0.3 is 0 Å². The number of benzene rings is 2. The normalized spacial score (nSPS) is 17.8. The van der Waals surface area contributed by atoms with Crippen LogP contribution in [0.4, 0.5) is 8.78 Å². The van der Waals surface area contributed by atoms with Gasteiger partial charge in [-0.15, -0.1) is 0 Å². The van der Waals surface area contributed by atoms with Crippen molar-refractivity contribution in [2.45, 2.75) is 57.7 Å². The SMILES string of the molecule is CN=C(NCc1c(O)ccc2c1CCCC2)NC1CCN(Cc2ccc(F)c(F)c2)CC1. The molecule has 0 saturated carbocycles. The van der Waals surface area contributed by atoms with Gasteiger partial charge in [-0.3, -0.25) is 9.89 Å². The van der Waals surface area contributed by atoms with E-state index in [1.54, 1.807) is 19.2 Å². The van der Waals surface area contributed by atoms with Crippen LogP contribution in [-0.4, -0.2) is 42.1 Å². The number of piperidine rings is 1. The molecule has 0 atom stereocenters. The molecule has 1 aliphatic heterocycles. The van der Waals surface area contributed by atoms with Crippen molar-refractivity contribution in [3.05, 3.63) is 64.2 Å². The van der Waals surface area contributed by atoms with Gasteiger partial charge in [0.05, 0.1) is 0 Å². The Bertz CT molecular complexity index is 971.